The topological polar surface area (TPSA) is 67.5 Å². The maximum atomic E-state index is 11.9. The number of anilines is 1. The Bertz CT molecular complexity index is 906. The van der Waals surface area contributed by atoms with Crippen LogP contribution in [-0.4, -0.2) is 23.2 Å². The normalized spacial score (nSPS) is 19.5. The molecule has 2 aromatic rings. The number of fused-ring (bicyclic) bond motifs is 1. The SMILES string of the molecule is NC(=O)c1cccc2c1NC(=NCc1cccc(Cl)c1)C1(CCSCC1)C2. The molecule has 1 saturated heterocycles. The fourth-order valence-corrected chi connectivity index (χ4v) is 5.48. The lowest BCUT2D eigenvalue weighted by atomic mass is 9.72. The van der Waals surface area contributed by atoms with E-state index in [1.165, 1.54) is 0 Å². The van der Waals surface area contributed by atoms with Gasteiger partial charge in [-0.15, -0.1) is 0 Å². The third-order valence-corrected chi connectivity index (χ3v) is 6.67. The van der Waals surface area contributed by atoms with E-state index >= 15 is 0 Å². The number of amides is 1. The molecular weight excluding hydrogens is 378 g/mol. The number of carbonyl (C=O) groups excluding carboxylic acids is 1. The molecule has 0 aromatic heterocycles. The number of thioether (sulfide) groups is 1. The van der Waals surface area contributed by atoms with Gasteiger partial charge in [-0.2, -0.15) is 11.8 Å². The summed E-state index contributed by atoms with van der Waals surface area (Å²) in [6, 6.07) is 13.6. The summed E-state index contributed by atoms with van der Waals surface area (Å²) in [7, 11) is 0. The van der Waals surface area contributed by atoms with Crippen molar-refractivity contribution < 1.29 is 4.79 Å². The largest absolute Gasteiger partial charge is 0.366 e. The molecule has 0 saturated carbocycles. The zero-order valence-corrected chi connectivity index (χ0v) is 16.6. The number of carbonyl (C=O) groups is 1. The quantitative estimate of drug-likeness (QED) is 0.797. The molecule has 1 fully saturated rings. The lowest BCUT2D eigenvalue weighted by Gasteiger charge is -2.42. The first-order valence-electron chi connectivity index (χ1n) is 9.13. The fourth-order valence-electron chi connectivity index (χ4n) is 3.99. The van der Waals surface area contributed by atoms with Gasteiger partial charge in [0.1, 0.15) is 5.84 Å². The van der Waals surface area contributed by atoms with E-state index in [-0.39, 0.29) is 5.41 Å². The van der Waals surface area contributed by atoms with E-state index in [1.54, 1.807) is 6.07 Å². The van der Waals surface area contributed by atoms with Crippen LogP contribution in [0.25, 0.3) is 0 Å². The second-order valence-electron chi connectivity index (χ2n) is 7.19. The van der Waals surface area contributed by atoms with Crippen molar-refractivity contribution in [1.29, 1.82) is 0 Å². The maximum Gasteiger partial charge on any atom is 0.250 e. The summed E-state index contributed by atoms with van der Waals surface area (Å²) in [6.07, 6.45) is 3.06. The summed E-state index contributed by atoms with van der Waals surface area (Å²) < 4.78 is 0. The van der Waals surface area contributed by atoms with Crippen molar-refractivity contribution in [2.45, 2.75) is 25.8 Å². The summed E-state index contributed by atoms with van der Waals surface area (Å²) in [5.74, 6) is 2.82. The number of benzene rings is 2. The molecule has 0 aliphatic carbocycles. The van der Waals surface area contributed by atoms with Gasteiger partial charge in [-0.05, 0) is 60.1 Å². The molecule has 1 amide bonds. The van der Waals surface area contributed by atoms with E-state index in [2.05, 4.69) is 11.4 Å². The fraction of sp³-hybridized carbons (Fsp3) is 0.333. The Labute approximate surface area is 168 Å². The summed E-state index contributed by atoms with van der Waals surface area (Å²) in [5, 5.41) is 4.22. The molecule has 0 unspecified atom stereocenters. The average Bonchev–Trinajstić information content (AvgIpc) is 2.66. The van der Waals surface area contributed by atoms with Crippen LogP contribution in [0.15, 0.2) is 47.5 Å². The molecule has 0 radical (unpaired) electrons. The van der Waals surface area contributed by atoms with E-state index in [0.29, 0.717) is 12.1 Å². The van der Waals surface area contributed by atoms with Crippen LogP contribution in [0.3, 0.4) is 0 Å². The molecule has 4 nitrogen and oxygen atoms in total. The first kappa shape index (κ1) is 18.4. The number of hydrogen-bond donors (Lipinski definition) is 2. The van der Waals surface area contributed by atoms with Gasteiger partial charge >= 0.3 is 0 Å². The van der Waals surface area contributed by atoms with Crippen molar-refractivity contribution in [3.05, 3.63) is 64.2 Å². The second kappa shape index (κ2) is 7.56. The summed E-state index contributed by atoms with van der Waals surface area (Å²) in [5.41, 5.74) is 9.18. The highest BCUT2D eigenvalue weighted by Gasteiger charge is 2.42. The first-order chi connectivity index (χ1) is 13.1. The number of amidine groups is 1. The minimum atomic E-state index is -0.413. The summed E-state index contributed by atoms with van der Waals surface area (Å²) in [4.78, 5) is 16.8. The standard InChI is InChI=1S/C21H22ClN3OS/c22-16-5-1-3-14(11-16)13-24-20-21(7-9-27-10-8-21)12-15-4-2-6-17(19(23)26)18(15)25-20/h1-6,11H,7-10,12-13H2,(H2,23,26)(H,24,25). The third-order valence-electron chi connectivity index (χ3n) is 5.45. The van der Waals surface area contributed by atoms with Gasteiger partial charge in [-0.1, -0.05) is 35.9 Å². The van der Waals surface area contributed by atoms with Crippen LogP contribution in [0.2, 0.25) is 5.02 Å². The molecule has 2 aromatic carbocycles. The Hall–Kier alpha value is -1.98. The van der Waals surface area contributed by atoms with Crippen molar-refractivity contribution in [2.75, 3.05) is 16.8 Å². The number of nitrogens with one attached hydrogen (secondary N) is 1. The number of hydrogen-bond acceptors (Lipinski definition) is 3. The Kier molecular flexibility index (Phi) is 5.15. The smallest absolute Gasteiger partial charge is 0.250 e. The zero-order chi connectivity index (χ0) is 18.9. The molecule has 6 heteroatoms. The van der Waals surface area contributed by atoms with Crippen LogP contribution in [0.1, 0.15) is 34.3 Å². The van der Waals surface area contributed by atoms with E-state index in [9.17, 15) is 4.79 Å². The Morgan fingerprint density at radius 1 is 1.22 bits per heavy atom. The molecule has 2 heterocycles. The highest BCUT2D eigenvalue weighted by molar-refractivity contribution is 7.99. The molecule has 0 bridgehead atoms. The number of rotatable bonds is 3. The van der Waals surface area contributed by atoms with E-state index in [4.69, 9.17) is 22.3 Å². The van der Waals surface area contributed by atoms with Gasteiger partial charge < -0.3 is 11.1 Å². The van der Waals surface area contributed by atoms with Gasteiger partial charge in [0, 0.05) is 10.4 Å². The lowest BCUT2D eigenvalue weighted by Crippen LogP contribution is -2.45. The van der Waals surface area contributed by atoms with Gasteiger partial charge in [0.15, 0.2) is 0 Å². The van der Waals surface area contributed by atoms with Crippen LogP contribution >= 0.6 is 23.4 Å². The van der Waals surface area contributed by atoms with Gasteiger partial charge in [0.05, 0.1) is 17.8 Å². The van der Waals surface area contributed by atoms with Gasteiger partial charge in [0.25, 0.3) is 5.91 Å². The monoisotopic (exact) mass is 399 g/mol. The molecule has 1 spiro atoms. The van der Waals surface area contributed by atoms with Crippen molar-refractivity contribution in [3.8, 4) is 0 Å². The molecule has 140 valence electrons. The minimum absolute atomic E-state index is 0.00704. The Morgan fingerprint density at radius 3 is 2.74 bits per heavy atom. The summed E-state index contributed by atoms with van der Waals surface area (Å²) in [6.45, 7) is 0.561. The number of nitrogens with zero attached hydrogens (tertiary/aromatic N) is 1. The van der Waals surface area contributed by atoms with Crippen LogP contribution < -0.4 is 11.1 Å². The number of primary amides is 1. The minimum Gasteiger partial charge on any atom is -0.366 e. The molecule has 0 atom stereocenters. The average molecular weight is 400 g/mol. The molecule has 2 aliphatic rings. The highest BCUT2D eigenvalue weighted by Crippen LogP contribution is 2.45. The van der Waals surface area contributed by atoms with Crippen LogP contribution in [-0.2, 0) is 13.0 Å². The van der Waals surface area contributed by atoms with E-state index in [1.807, 2.05) is 42.1 Å². The van der Waals surface area contributed by atoms with Crippen LogP contribution in [0.4, 0.5) is 5.69 Å². The van der Waals surface area contributed by atoms with Crippen molar-refractivity contribution in [1.82, 2.24) is 0 Å². The molecule has 2 aliphatic heterocycles. The predicted molar refractivity (Wildman–Crippen MR) is 114 cm³/mol. The van der Waals surface area contributed by atoms with Crippen LogP contribution in [0, 0.1) is 5.41 Å². The van der Waals surface area contributed by atoms with Crippen LogP contribution in [0.5, 0.6) is 0 Å². The third kappa shape index (κ3) is 3.71. The van der Waals surface area contributed by atoms with Crippen molar-refractivity contribution in [2.24, 2.45) is 16.1 Å². The molecular formula is C21H22ClN3OS. The number of nitrogens with two attached hydrogens (primary N) is 1. The molecule has 3 N–H and O–H groups in total. The lowest BCUT2D eigenvalue weighted by molar-refractivity contribution is 0.100. The highest BCUT2D eigenvalue weighted by atomic mass is 35.5. The van der Waals surface area contributed by atoms with E-state index in [0.717, 1.165) is 58.4 Å². The number of aliphatic imine (C=N–C) groups is 1. The van der Waals surface area contributed by atoms with Gasteiger partial charge in [-0.25, -0.2) is 0 Å². The van der Waals surface area contributed by atoms with Gasteiger partial charge in [0.2, 0.25) is 0 Å². The zero-order valence-electron chi connectivity index (χ0n) is 15.0. The maximum absolute atomic E-state index is 11.9. The second-order valence-corrected chi connectivity index (χ2v) is 8.85. The summed E-state index contributed by atoms with van der Waals surface area (Å²) >= 11 is 8.11. The number of para-hydroxylation sites is 1. The predicted octanol–water partition coefficient (Wildman–Crippen LogP) is 4.52. The Balaban J connectivity index is 1.73. The number of halogens is 1. The molecule has 27 heavy (non-hydrogen) atoms. The molecule has 4 rings (SSSR count). The van der Waals surface area contributed by atoms with Crippen molar-refractivity contribution in [3.63, 3.8) is 0 Å². The van der Waals surface area contributed by atoms with E-state index < -0.39 is 5.91 Å². The Morgan fingerprint density at radius 2 is 2.00 bits per heavy atom. The first-order valence-corrected chi connectivity index (χ1v) is 10.7. The van der Waals surface area contributed by atoms with Gasteiger partial charge in [-0.3, -0.25) is 9.79 Å². The van der Waals surface area contributed by atoms with Crippen molar-refractivity contribution >= 4 is 40.8 Å².